The highest BCUT2D eigenvalue weighted by Gasteiger charge is 2.24. The number of ether oxygens (including phenoxy) is 1. The summed E-state index contributed by atoms with van der Waals surface area (Å²) in [5.74, 6) is 0.624. The molecule has 0 radical (unpaired) electrons. The topological polar surface area (TPSA) is 75.7 Å². The fourth-order valence-electron chi connectivity index (χ4n) is 3.25. The Morgan fingerprint density at radius 1 is 1.29 bits per heavy atom. The molecule has 1 aromatic carbocycles. The van der Waals surface area contributed by atoms with Crippen LogP contribution >= 0.6 is 11.3 Å². The summed E-state index contributed by atoms with van der Waals surface area (Å²) in [6.45, 7) is 2.61. The molecule has 0 saturated carbocycles. The van der Waals surface area contributed by atoms with E-state index in [4.69, 9.17) is 4.74 Å². The third-order valence-corrected chi connectivity index (χ3v) is 5.89. The van der Waals surface area contributed by atoms with Crippen LogP contribution in [0.25, 0.3) is 0 Å². The maximum Gasteiger partial charge on any atom is 0.252 e. The first kappa shape index (κ1) is 20.1. The van der Waals surface area contributed by atoms with Gasteiger partial charge in [0.1, 0.15) is 5.75 Å². The molecule has 1 saturated heterocycles. The van der Waals surface area contributed by atoms with Crippen molar-refractivity contribution in [1.82, 2.24) is 10.2 Å². The zero-order valence-corrected chi connectivity index (χ0v) is 16.9. The van der Waals surface area contributed by atoms with Gasteiger partial charge >= 0.3 is 0 Å². The van der Waals surface area contributed by atoms with E-state index >= 15 is 0 Å². The summed E-state index contributed by atoms with van der Waals surface area (Å²) in [5, 5.41) is 4.71. The molecule has 2 aromatic rings. The largest absolute Gasteiger partial charge is 0.497 e. The third-order valence-electron chi connectivity index (χ3n) is 4.86. The third kappa shape index (κ3) is 4.98. The number of methoxy groups -OCH3 is 1. The smallest absolute Gasteiger partial charge is 0.252 e. The number of nitrogens with zero attached hydrogens (tertiary/aromatic N) is 1. The molecule has 7 heteroatoms. The Morgan fingerprint density at radius 2 is 2.11 bits per heavy atom. The summed E-state index contributed by atoms with van der Waals surface area (Å²) in [4.78, 5) is 38.8. The highest BCUT2D eigenvalue weighted by atomic mass is 32.1. The van der Waals surface area contributed by atoms with Gasteiger partial charge in [0.15, 0.2) is 5.78 Å². The Morgan fingerprint density at radius 3 is 2.82 bits per heavy atom. The first-order valence-electron chi connectivity index (χ1n) is 9.27. The van der Waals surface area contributed by atoms with Crippen LogP contribution in [-0.4, -0.2) is 42.2 Å². The van der Waals surface area contributed by atoms with Crippen LogP contribution in [0, 0.1) is 0 Å². The number of carbonyl (C=O) groups is 3. The quantitative estimate of drug-likeness (QED) is 0.755. The molecule has 0 bridgehead atoms. The lowest BCUT2D eigenvalue weighted by Gasteiger charge is -2.21. The SMILES string of the molecule is COc1cccc(CN2CCC(NC(=O)c3csc(C(C)=O)c3)CCC2=O)c1. The van der Waals surface area contributed by atoms with Gasteiger partial charge in [-0.25, -0.2) is 0 Å². The number of hydrogen-bond donors (Lipinski definition) is 1. The van der Waals surface area contributed by atoms with Crippen LogP contribution < -0.4 is 10.1 Å². The Balaban J connectivity index is 1.59. The molecule has 1 fully saturated rings. The van der Waals surface area contributed by atoms with Gasteiger partial charge in [0.05, 0.1) is 17.6 Å². The number of amides is 2. The summed E-state index contributed by atoms with van der Waals surface area (Å²) in [6.07, 6.45) is 1.71. The minimum atomic E-state index is -0.192. The van der Waals surface area contributed by atoms with Gasteiger partial charge in [-0.05, 0) is 43.5 Å². The number of ketones is 1. The molecule has 28 heavy (non-hydrogen) atoms. The lowest BCUT2D eigenvalue weighted by Crippen LogP contribution is -2.35. The monoisotopic (exact) mass is 400 g/mol. The number of benzene rings is 1. The highest BCUT2D eigenvalue weighted by molar-refractivity contribution is 7.12. The summed E-state index contributed by atoms with van der Waals surface area (Å²) in [6, 6.07) is 9.26. The zero-order chi connectivity index (χ0) is 20.1. The Labute approximate surface area is 168 Å². The Bertz CT molecular complexity index is 877. The van der Waals surface area contributed by atoms with Gasteiger partial charge in [-0.2, -0.15) is 0 Å². The van der Waals surface area contributed by atoms with Gasteiger partial charge in [-0.15, -0.1) is 11.3 Å². The van der Waals surface area contributed by atoms with Crippen LogP contribution in [0.1, 0.15) is 51.8 Å². The number of thiophene rings is 1. The number of likely N-dealkylation sites (tertiary alicyclic amines) is 1. The van der Waals surface area contributed by atoms with E-state index in [9.17, 15) is 14.4 Å². The van der Waals surface area contributed by atoms with Crippen molar-refractivity contribution in [1.29, 1.82) is 0 Å². The maximum atomic E-state index is 12.5. The predicted octanol–water partition coefficient (Wildman–Crippen LogP) is 3.27. The van der Waals surface area contributed by atoms with E-state index in [-0.39, 0.29) is 23.6 Å². The molecule has 1 aliphatic rings. The molecule has 6 nitrogen and oxygen atoms in total. The van der Waals surface area contributed by atoms with Crippen LogP contribution in [-0.2, 0) is 11.3 Å². The molecule has 0 aliphatic carbocycles. The van der Waals surface area contributed by atoms with Gasteiger partial charge in [0.2, 0.25) is 5.91 Å². The van der Waals surface area contributed by atoms with Crippen molar-refractivity contribution < 1.29 is 19.1 Å². The summed E-state index contributed by atoms with van der Waals surface area (Å²) in [5.41, 5.74) is 1.52. The van der Waals surface area contributed by atoms with Crippen molar-refractivity contribution in [3.05, 3.63) is 51.7 Å². The number of Topliss-reactive ketones (excluding diaryl/α,β-unsaturated/α-hetero) is 1. The second kappa shape index (κ2) is 9.01. The van der Waals surface area contributed by atoms with Crippen molar-refractivity contribution in [2.75, 3.05) is 13.7 Å². The summed E-state index contributed by atoms with van der Waals surface area (Å²) in [7, 11) is 1.62. The normalized spacial score (nSPS) is 17.1. The van der Waals surface area contributed by atoms with E-state index in [2.05, 4.69) is 5.32 Å². The van der Waals surface area contributed by atoms with Crippen LogP contribution in [0.4, 0.5) is 0 Å². The average Bonchev–Trinajstić information content (AvgIpc) is 3.13. The van der Waals surface area contributed by atoms with Crippen LogP contribution in [0.5, 0.6) is 5.75 Å². The van der Waals surface area contributed by atoms with Crippen molar-refractivity contribution in [2.24, 2.45) is 0 Å². The van der Waals surface area contributed by atoms with E-state index in [0.717, 1.165) is 11.3 Å². The summed E-state index contributed by atoms with van der Waals surface area (Å²) >= 11 is 1.27. The average molecular weight is 401 g/mol. The van der Waals surface area contributed by atoms with Gasteiger partial charge < -0.3 is 15.0 Å². The van der Waals surface area contributed by atoms with Crippen molar-refractivity contribution in [2.45, 2.75) is 38.8 Å². The van der Waals surface area contributed by atoms with Gasteiger partial charge in [-0.3, -0.25) is 14.4 Å². The molecule has 0 spiro atoms. The Kier molecular flexibility index (Phi) is 6.46. The van der Waals surface area contributed by atoms with Crippen LogP contribution in [0.3, 0.4) is 0 Å². The van der Waals surface area contributed by atoms with Crippen LogP contribution in [0.2, 0.25) is 0 Å². The standard InChI is InChI=1S/C21H24N2O4S/c1-14(24)19-11-16(13-28-19)21(26)22-17-6-7-20(25)23(9-8-17)12-15-4-3-5-18(10-15)27-2/h3-5,10-11,13,17H,6-9,12H2,1-2H3,(H,22,26). The molecular weight excluding hydrogens is 376 g/mol. The molecule has 2 heterocycles. The second-order valence-electron chi connectivity index (χ2n) is 6.92. The lowest BCUT2D eigenvalue weighted by atomic mass is 10.1. The predicted molar refractivity (Wildman–Crippen MR) is 108 cm³/mol. The van der Waals surface area contributed by atoms with Gasteiger partial charge in [-0.1, -0.05) is 12.1 Å². The van der Waals surface area contributed by atoms with E-state index in [1.807, 2.05) is 29.2 Å². The van der Waals surface area contributed by atoms with Crippen molar-refractivity contribution >= 4 is 28.9 Å². The molecule has 1 aliphatic heterocycles. The van der Waals surface area contributed by atoms with Crippen LogP contribution in [0.15, 0.2) is 35.7 Å². The van der Waals surface area contributed by atoms with E-state index in [1.54, 1.807) is 18.6 Å². The molecule has 2 amide bonds. The van der Waals surface area contributed by atoms with E-state index < -0.39 is 0 Å². The fraction of sp³-hybridized carbons (Fsp3) is 0.381. The minimum absolute atomic E-state index is 0.0442. The summed E-state index contributed by atoms with van der Waals surface area (Å²) < 4.78 is 5.24. The minimum Gasteiger partial charge on any atom is -0.497 e. The molecule has 148 valence electrons. The number of nitrogens with one attached hydrogen (secondary N) is 1. The number of carbonyl (C=O) groups excluding carboxylic acids is 3. The van der Waals surface area contributed by atoms with Gasteiger partial charge in [0, 0.05) is 30.9 Å². The first-order chi connectivity index (χ1) is 13.5. The fourth-order valence-corrected chi connectivity index (χ4v) is 4.04. The molecule has 3 rings (SSSR count). The number of rotatable bonds is 6. The van der Waals surface area contributed by atoms with E-state index in [1.165, 1.54) is 18.3 Å². The van der Waals surface area contributed by atoms with Crippen molar-refractivity contribution in [3.63, 3.8) is 0 Å². The molecular formula is C21H24N2O4S. The van der Waals surface area contributed by atoms with Crippen molar-refractivity contribution in [3.8, 4) is 5.75 Å². The number of hydrogen-bond acceptors (Lipinski definition) is 5. The zero-order valence-electron chi connectivity index (χ0n) is 16.1. The van der Waals surface area contributed by atoms with Gasteiger partial charge in [0.25, 0.3) is 5.91 Å². The molecule has 1 N–H and O–H groups in total. The lowest BCUT2D eigenvalue weighted by molar-refractivity contribution is -0.131. The molecule has 1 unspecified atom stereocenters. The maximum absolute atomic E-state index is 12.5. The highest BCUT2D eigenvalue weighted by Crippen LogP contribution is 2.20. The Hall–Kier alpha value is -2.67. The first-order valence-corrected chi connectivity index (χ1v) is 10.1. The molecule has 1 atom stereocenters. The second-order valence-corrected chi connectivity index (χ2v) is 7.83. The molecule has 1 aromatic heterocycles. The van der Waals surface area contributed by atoms with E-state index in [0.29, 0.717) is 42.8 Å².